The molecule has 0 aliphatic carbocycles. The van der Waals surface area contributed by atoms with Gasteiger partial charge in [-0.2, -0.15) is 0 Å². The Hall–Kier alpha value is -1.85. The van der Waals surface area contributed by atoms with Gasteiger partial charge in [0.15, 0.2) is 5.56 Å². The minimum atomic E-state index is -0.868. The molecule has 0 saturated heterocycles. The first-order valence-electron chi connectivity index (χ1n) is 3.96. The normalized spacial score (nSPS) is 9.86. The van der Waals surface area contributed by atoms with E-state index in [0.29, 0.717) is 11.1 Å². The minimum absolute atomic E-state index is 0.142. The third-order valence-corrected chi connectivity index (χ3v) is 1.65. The molecule has 0 spiro atoms. The second kappa shape index (κ2) is 3.91. The smallest absolute Gasteiger partial charge is 0.373 e. The largest absolute Gasteiger partial charge is 0.462 e. The molecule has 1 aromatic heterocycles. The molecule has 0 aromatic carbocycles. The lowest BCUT2D eigenvalue weighted by Gasteiger charge is -1.97. The Morgan fingerprint density at radius 2 is 2.29 bits per heavy atom. The third-order valence-electron chi connectivity index (χ3n) is 1.65. The van der Waals surface area contributed by atoms with Crippen LogP contribution >= 0.6 is 0 Å². The van der Waals surface area contributed by atoms with E-state index in [0.717, 1.165) is 0 Å². The maximum Gasteiger partial charge on any atom is 0.373 e. The lowest BCUT2D eigenvalue weighted by Crippen LogP contribution is -2.14. The fourth-order valence-corrected chi connectivity index (χ4v) is 0.996. The SMILES string of the molecule is CCOC(=O)c1c(C)n(C=O)oc1=O. The number of carbonyl (C=O) groups is 2. The van der Waals surface area contributed by atoms with E-state index in [-0.39, 0.29) is 17.9 Å². The molecular weight excluding hydrogens is 190 g/mol. The average Bonchev–Trinajstić information content (AvgIpc) is 2.41. The van der Waals surface area contributed by atoms with Crippen LogP contribution in [0.1, 0.15) is 23.0 Å². The second-order valence-corrected chi connectivity index (χ2v) is 2.49. The van der Waals surface area contributed by atoms with E-state index in [4.69, 9.17) is 0 Å². The summed E-state index contributed by atoms with van der Waals surface area (Å²) in [6.45, 7) is 3.20. The van der Waals surface area contributed by atoms with Gasteiger partial charge in [0.2, 0.25) is 6.41 Å². The highest BCUT2D eigenvalue weighted by Crippen LogP contribution is 2.04. The number of aromatic nitrogens is 1. The highest BCUT2D eigenvalue weighted by Gasteiger charge is 2.21. The van der Waals surface area contributed by atoms with Crippen molar-refractivity contribution in [2.45, 2.75) is 13.8 Å². The quantitative estimate of drug-likeness (QED) is 0.504. The van der Waals surface area contributed by atoms with Crippen molar-refractivity contribution < 1.29 is 18.8 Å². The second-order valence-electron chi connectivity index (χ2n) is 2.49. The first-order chi connectivity index (χ1) is 6.61. The Morgan fingerprint density at radius 3 is 2.71 bits per heavy atom. The summed E-state index contributed by atoms with van der Waals surface area (Å²) in [5, 5.41) is 0. The number of ether oxygens (including phenoxy) is 1. The molecule has 0 N–H and O–H groups in total. The van der Waals surface area contributed by atoms with Gasteiger partial charge < -0.3 is 9.26 Å². The lowest BCUT2D eigenvalue weighted by atomic mass is 10.2. The Balaban J connectivity index is 3.20. The van der Waals surface area contributed by atoms with Gasteiger partial charge in [-0.25, -0.2) is 9.59 Å². The Bertz CT molecular complexity index is 414. The summed E-state index contributed by atoms with van der Waals surface area (Å²) in [6, 6.07) is 0. The van der Waals surface area contributed by atoms with Crippen molar-refractivity contribution in [1.82, 2.24) is 4.74 Å². The van der Waals surface area contributed by atoms with Gasteiger partial charge in [-0.1, -0.05) is 0 Å². The average molecular weight is 199 g/mol. The van der Waals surface area contributed by atoms with Crippen LogP contribution in [0.3, 0.4) is 0 Å². The number of hydrogen-bond acceptors (Lipinski definition) is 5. The summed E-state index contributed by atoms with van der Waals surface area (Å²) in [5.41, 5.74) is -0.963. The van der Waals surface area contributed by atoms with Gasteiger partial charge >= 0.3 is 11.6 Å². The summed E-state index contributed by atoms with van der Waals surface area (Å²) < 4.78 is 9.76. The van der Waals surface area contributed by atoms with Crippen molar-refractivity contribution in [3.8, 4) is 0 Å². The van der Waals surface area contributed by atoms with Gasteiger partial charge in [-0.3, -0.25) is 4.79 Å². The Labute approximate surface area is 79.0 Å². The summed E-state index contributed by atoms with van der Waals surface area (Å²) in [7, 11) is 0. The molecule has 0 fully saturated rings. The van der Waals surface area contributed by atoms with Crippen LogP contribution in [0.25, 0.3) is 0 Å². The predicted octanol–water partition coefficient (Wildman–Crippen LogP) is -0.0353. The van der Waals surface area contributed by atoms with Crippen LogP contribution in [-0.4, -0.2) is 23.7 Å². The summed E-state index contributed by atoms with van der Waals surface area (Å²) in [4.78, 5) is 32.6. The summed E-state index contributed by atoms with van der Waals surface area (Å²) >= 11 is 0. The predicted molar refractivity (Wildman–Crippen MR) is 45.8 cm³/mol. The topological polar surface area (TPSA) is 78.5 Å². The van der Waals surface area contributed by atoms with Crippen molar-refractivity contribution in [1.29, 1.82) is 0 Å². The van der Waals surface area contributed by atoms with Crippen molar-refractivity contribution >= 4 is 12.4 Å². The van der Waals surface area contributed by atoms with E-state index in [2.05, 4.69) is 9.26 Å². The van der Waals surface area contributed by atoms with E-state index < -0.39 is 11.6 Å². The fourth-order valence-electron chi connectivity index (χ4n) is 0.996. The van der Waals surface area contributed by atoms with Gasteiger partial charge in [-0.15, -0.1) is 4.74 Å². The van der Waals surface area contributed by atoms with Crippen LogP contribution in [0.4, 0.5) is 0 Å². The van der Waals surface area contributed by atoms with Crippen LogP contribution in [0.2, 0.25) is 0 Å². The highest BCUT2D eigenvalue weighted by molar-refractivity contribution is 5.90. The number of carbonyl (C=O) groups excluding carboxylic acids is 2. The van der Waals surface area contributed by atoms with Crippen LogP contribution in [0.5, 0.6) is 0 Å². The molecule has 0 bridgehead atoms. The first kappa shape index (κ1) is 10.2. The fraction of sp³-hybridized carbons (Fsp3) is 0.375. The van der Waals surface area contributed by atoms with Crippen LogP contribution in [0, 0.1) is 6.92 Å². The standard InChI is InChI=1S/C8H9NO5/c1-3-13-7(11)6-5(2)9(4-10)14-8(6)12/h4H,3H2,1-2H3. The molecule has 6 heteroatoms. The molecule has 1 heterocycles. The van der Waals surface area contributed by atoms with Crippen LogP contribution in [-0.2, 0) is 9.53 Å². The van der Waals surface area contributed by atoms with E-state index in [9.17, 15) is 14.4 Å². The molecule has 0 atom stereocenters. The molecule has 1 rings (SSSR count). The molecule has 0 aliphatic heterocycles. The molecule has 6 nitrogen and oxygen atoms in total. The lowest BCUT2D eigenvalue weighted by molar-refractivity contribution is 0.0523. The van der Waals surface area contributed by atoms with Crippen LogP contribution < -0.4 is 5.63 Å². The number of rotatable bonds is 3. The van der Waals surface area contributed by atoms with Crippen molar-refractivity contribution in [2.75, 3.05) is 6.61 Å². The highest BCUT2D eigenvalue weighted by atomic mass is 16.5. The Morgan fingerprint density at radius 1 is 1.64 bits per heavy atom. The summed E-state index contributed by atoms with van der Waals surface area (Å²) in [6.07, 6.45) is 0.305. The molecule has 0 amide bonds. The summed E-state index contributed by atoms with van der Waals surface area (Å²) in [5.74, 6) is -0.778. The zero-order valence-electron chi connectivity index (χ0n) is 7.77. The number of nitrogens with zero attached hydrogens (tertiary/aromatic N) is 1. The molecule has 76 valence electrons. The van der Waals surface area contributed by atoms with Crippen molar-refractivity contribution in [2.24, 2.45) is 0 Å². The zero-order valence-corrected chi connectivity index (χ0v) is 7.77. The molecule has 0 unspecified atom stereocenters. The number of esters is 1. The van der Waals surface area contributed by atoms with Crippen molar-refractivity contribution in [3.05, 3.63) is 21.7 Å². The van der Waals surface area contributed by atoms with E-state index in [1.165, 1.54) is 6.92 Å². The molecule has 1 aromatic rings. The van der Waals surface area contributed by atoms with Crippen LogP contribution in [0.15, 0.2) is 9.32 Å². The van der Waals surface area contributed by atoms with Gasteiger partial charge in [0.1, 0.15) is 0 Å². The molecular formula is C8H9NO5. The minimum Gasteiger partial charge on any atom is -0.462 e. The van der Waals surface area contributed by atoms with Gasteiger partial charge in [0.25, 0.3) is 0 Å². The molecule has 0 saturated carbocycles. The van der Waals surface area contributed by atoms with E-state index in [1.807, 2.05) is 0 Å². The van der Waals surface area contributed by atoms with Gasteiger partial charge in [0, 0.05) is 0 Å². The Kier molecular flexibility index (Phi) is 2.85. The monoisotopic (exact) mass is 199 g/mol. The van der Waals surface area contributed by atoms with E-state index in [1.54, 1.807) is 6.92 Å². The van der Waals surface area contributed by atoms with Gasteiger partial charge in [-0.05, 0) is 13.8 Å². The number of hydrogen-bond donors (Lipinski definition) is 0. The molecule has 0 aliphatic rings. The van der Waals surface area contributed by atoms with Gasteiger partial charge in [0.05, 0.1) is 12.3 Å². The first-order valence-corrected chi connectivity index (χ1v) is 3.96. The third kappa shape index (κ3) is 1.59. The molecule has 14 heavy (non-hydrogen) atoms. The zero-order chi connectivity index (χ0) is 10.7. The van der Waals surface area contributed by atoms with Crippen molar-refractivity contribution in [3.63, 3.8) is 0 Å². The maximum atomic E-state index is 11.2. The van der Waals surface area contributed by atoms with E-state index >= 15 is 0 Å². The maximum absolute atomic E-state index is 11.2. The molecule has 0 radical (unpaired) electrons.